The average molecular weight is 221 g/mol. The SMILES string of the molecule is Cc1nc(CNCCc2ccnn2C)no1. The average Bonchev–Trinajstić information content (AvgIpc) is 2.83. The zero-order chi connectivity index (χ0) is 11.4. The number of aryl methyl sites for hydroxylation is 2. The van der Waals surface area contributed by atoms with Gasteiger partial charge >= 0.3 is 0 Å². The molecule has 0 aliphatic rings. The number of nitrogens with zero attached hydrogens (tertiary/aromatic N) is 4. The van der Waals surface area contributed by atoms with E-state index < -0.39 is 0 Å². The predicted octanol–water partition coefficient (Wildman–Crippen LogP) is 0.444. The van der Waals surface area contributed by atoms with Crippen molar-refractivity contribution in [2.75, 3.05) is 6.54 Å². The standard InChI is InChI=1S/C10H15N5O/c1-8-13-10(14-16-8)7-11-5-3-9-4-6-12-15(9)2/h4,6,11H,3,5,7H2,1-2H3. The summed E-state index contributed by atoms with van der Waals surface area (Å²) in [5.41, 5.74) is 1.21. The number of aromatic nitrogens is 4. The molecule has 0 bridgehead atoms. The Hall–Kier alpha value is -1.69. The predicted molar refractivity (Wildman–Crippen MR) is 57.7 cm³/mol. The van der Waals surface area contributed by atoms with Gasteiger partial charge in [-0.25, -0.2) is 0 Å². The minimum absolute atomic E-state index is 0.600. The van der Waals surface area contributed by atoms with E-state index in [4.69, 9.17) is 4.52 Å². The lowest BCUT2D eigenvalue weighted by molar-refractivity contribution is 0.385. The second-order valence-corrected chi connectivity index (χ2v) is 3.60. The highest BCUT2D eigenvalue weighted by molar-refractivity contribution is 5.00. The summed E-state index contributed by atoms with van der Waals surface area (Å²) in [5, 5.41) is 11.2. The summed E-state index contributed by atoms with van der Waals surface area (Å²) in [5.74, 6) is 1.30. The van der Waals surface area contributed by atoms with Gasteiger partial charge in [-0.2, -0.15) is 10.1 Å². The molecule has 0 saturated carbocycles. The highest BCUT2D eigenvalue weighted by atomic mass is 16.5. The van der Waals surface area contributed by atoms with Crippen LogP contribution in [0.4, 0.5) is 0 Å². The summed E-state index contributed by atoms with van der Waals surface area (Å²) in [6.45, 7) is 3.29. The Bertz CT molecular complexity index is 448. The Morgan fingerprint density at radius 2 is 2.38 bits per heavy atom. The number of nitrogens with one attached hydrogen (secondary N) is 1. The number of hydrogen-bond acceptors (Lipinski definition) is 5. The lowest BCUT2D eigenvalue weighted by Crippen LogP contribution is -2.18. The molecule has 2 rings (SSSR count). The van der Waals surface area contributed by atoms with E-state index in [1.165, 1.54) is 5.69 Å². The van der Waals surface area contributed by atoms with Crippen molar-refractivity contribution in [2.45, 2.75) is 19.9 Å². The van der Waals surface area contributed by atoms with Crippen LogP contribution in [0.3, 0.4) is 0 Å². The van der Waals surface area contributed by atoms with Gasteiger partial charge in [0.25, 0.3) is 0 Å². The molecule has 6 heteroatoms. The van der Waals surface area contributed by atoms with Crippen LogP contribution in [0.1, 0.15) is 17.4 Å². The fraction of sp³-hybridized carbons (Fsp3) is 0.500. The lowest BCUT2D eigenvalue weighted by Gasteiger charge is -2.02. The third kappa shape index (κ3) is 2.66. The van der Waals surface area contributed by atoms with E-state index in [-0.39, 0.29) is 0 Å². The molecule has 0 aliphatic heterocycles. The highest BCUT2D eigenvalue weighted by Crippen LogP contribution is 1.97. The zero-order valence-electron chi connectivity index (χ0n) is 9.47. The summed E-state index contributed by atoms with van der Waals surface area (Å²) in [4.78, 5) is 4.10. The van der Waals surface area contributed by atoms with E-state index in [9.17, 15) is 0 Å². The number of hydrogen-bond donors (Lipinski definition) is 1. The molecule has 2 aromatic heterocycles. The van der Waals surface area contributed by atoms with Gasteiger partial charge in [-0.05, 0) is 6.07 Å². The van der Waals surface area contributed by atoms with Crippen LogP contribution >= 0.6 is 0 Å². The highest BCUT2D eigenvalue weighted by Gasteiger charge is 2.01. The molecule has 0 saturated heterocycles. The van der Waals surface area contributed by atoms with E-state index in [1.54, 1.807) is 13.1 Å². The Morgan fingerprint density at radius 3 is 3.00 bits per heavy atom. The first kappa shape index (κ1) is 10.8. The van der Waals surface area contributed by atoms with E-state index in [0.717, 1.165) is 13.0 Å². The minimum Gasteiger partial charge on any atom is -0.340 e. The monoisotopic (exact) mass is 221 g/mol. The maximum Gasteiger partial charge on any atom is 0.223 e. The molecule has 0 atom stereocenters. The second-order valence-electron chi connectivity index (χ2n) is 3.60. The quantitative estimate of drug-likeness (QED) is 0.742. The smallest absolute Gasteiger partial charge is 0.223 e. The molecular formula is C10H15N5O. The minimum atomic E-state index is 0.600. The van der Waals surface area contributed by atoms with Crippen LogP contribution in [0.25, 0.3) is 0 Å². The number of rotatable bonds is 5. The van der Waals surface area contributed by atoms with E-state index in [1.807, 2.05) is 17.8 Å². The van der Waals surface area contributed by atoms with Gasteiger partial charge in [-0.1, -0.05) is 5.16 Å². The maximum atomic E-state index is 4.87. The van der Waals surface area contributed by atoms with Crippen LogP contribution in [0.2, 0.25) is 0 Å². The molecule has 2 heterocycles. The van der Waals surface area contributed by atoms with Gasteiger partial charge in [0.1, 0.15) is 0 Å². The van der Waals surface area contributed by atoms with Gasteiger partial charge in [-0.15, -0.1) is 0 Å². The third-order valence-electron chi connectivity index (χ3n) is 2.33. The lowest BCUT2D eigenvalue weighted by atomic mass is 10.3. The largest absolute Gasteiger partial charge is 0.340 e. The van der Waals surface area contributed by atoms with Crippen molar-refractivity contribution in [3.63, 3.8) is 0 Å². The normalized spacial score (nSPS) is 10.9. The molecule has 6 nitrogen and oxygen atoms in total. The fourth-order valence-corrected chi connectivity index (χ4v) is 1.48. The van der Waals surface area contributed by atoms with Crippen molar-refractivity contribution in [3.8, 4) is 0 Å². The summed E-state index contributed by atoms with van der Waals surface area (Å²) >= 11 is 0. The van der Waals surface area contributed by atoms with Crippen molar-refractivity contribution in [1.29, 1.82) is 0 Å². The Morgan fingerprint density at radius 1 is 1.50 bits per heavy atom. The van der Waals surface area contributed by atoms with E-state index >= 15 is 0 Å². The van der Waals surface area contributed by atoms with Gasteiger partial charge in [0.2, 0.25) is 5.89 Å². The summed E-state index contributed by atoms with van der Waals surface area (Å²) in [6.07, 6.45) is 2.74. The Kier molecular flexibility index (Phi) is 3.31. The van der Waals surface area contributed by atoms with Crippen LogP contribution in [0.5, 0.6) is 0 Å². The molecule has 0 aromatic carbocycles. The topological polar surface area (TPSA) is 68.8 Å². The first-order valence-corrected chi connectivity index (χ1v) is 5.22. The second kappa shape index (κ2) is 4.89. The van der Waals surface area contributed by atoms with Gasteiger partial charge in [-0.3, -0.25) is 4.68 Å². The van der Waals surface area contributed by atoms with Gasteiger partial charge in [0, 0.05) is 38.8 Å². The Labute approximate surface area is 93.7 Å². The van der Waals surface area contributed by atoms with Crippen LogP contribution in [-0.4, -0.2) is 26.5 Å². The zero-order valence-corrected chi connectivity index (χ0v) is 9.47. The van der Waals surface area contributed by atoms with E-state index in [0.29, 0.717) is 18.3 Å². The molecule has 0 radical (unpaired) electrons. The Balaban J connectivity index is 1.71. The van der Waals surface area contributed by atoms with Crippen LogP contribution in [-0.2, 0) is 20.0 Å². The molecule has 0 aliphatic carbocycles. The van der Waals surface area contributed by atoms with Crippen molar-refractivity contribution in [3.05, 3.63) is 29.7 Å². The van der Waals surface area contributed by atoms with Gasteiger partial charge < -0.3 is 9.84 Å². The molecule has 2 aromatic rings. The maximum absolute atomic E-state index is 4.87. The molecule has 16 heavy (non-hydrogen) atoms. The molecule has 86 valence electrons. The fourth-order valence-electron chi connectivity index (χ4n) is 1.48. The van der Waals surface area contributed by atoms with E-state index in [2.05, 4.69) is 20.6 Å². The van der Waals surface area contributed by atoms with Gasteiger partial charge in [0.15, 0.2) is 5.82 Å². The third-order valence-corrected chi connectivity index (χ3v) is 2.33. The molecule has 0 unspecified atom stereocenters. The van der Waals surface area contributed by atoms with Crippen LogP contribution in [0.15, 0.2) is 16.8 Å². The van der Waals surface area contributed by atoms with Crippen LogP contribution < -0.4 is 5.32 Å². The molecular weight excluding hydrogens is 206 g/mol. The molecule has 0 spiro atoms. The summed E-state index contributed by atoms with van der Waals surface area (Å²) < 4.78 is 6.75. The first-order valence-electron chi connectivity index (χ1n) is 5.22. The van der Waals surface area contributed by atoms with Crippen molar-refractivity contribution >= 4 is 0 Å². The molecule has 0 amide bonds. The van der Waals surface area contributed by atoms with Crippen molar-refractivity contribution in [2.24, 2.45) is 7.05 Å². The van der Waals surface area contributed by atoms with Crippen LogP contribution in [0, 0.1) is 6.92 Å². The first-order chi connectivity index (χ1) is 7.75. The van der Waals surface area contributed by atoms with Crippen molar-refractivity contribution < 1.29 is 4.52 Å². The molecule has 0 fully saturated rings. The summed E-state index contributed by atoms with van der Waals surface area (Å²) in [6, 6.07) is 2.01. The van der Waals surface area contributed by atoms with Crippen molar-refractivity contribution in [1.82, 2.24) is 25.2 Å². The molecule has 1 N–H and O–H groups in total. The summed E-state index contributed by atoms with van der Waals surface area (Å²) in [7, 11) is 1.94. The van der Waals surface area contributed by atoms with Gasteiger partial charge in [0.05, 0.1) is 6.54 Å².